The first kappa shape index (κ1) is 28.0. The highest BCUT2D eigenvalue weighted by Gasteiger charge is 2.21. The quantitative estimate of drug-likeness (QED) is 0.265. The van der Waals surface area contributed by atoms with E-state index in [4.69, 9.17) is 4.98 Å². The smallest absolute Gasteiger partial charge is 0.326 e. The number of nitrogens with zero attached hydrogens (tertiary/aromatic N) is 7. The summed E-state index contributed by atoms with van der Waals surface area (Å²) < 4.78 is 2.00. The summed E-state index contributed by atoms with van der Waals surface area (Å²) >= 11 is 0. The average Bonchev–Trinajstić information content (AvgIpc) is 3.27. The Hall–Kier alpha value is -4.04. The van der Waals surface area contributed by atoms with Crippen LogP contribution in [0.3, 0.4) is 0 Å². The molecule has 3 N–H and O–H groups in total. The first-order valence-corrected chi connectivity index (χ1v) is 13.6. The molecular weight excluding hydrogens is 494 g/mol. The summed E-state index contributed by atoms with van der Waals surface area (Å²) in [4.78, 5) is 27.2. The summed E-state index contributed by atoms with van der Waals surface area (Å²) in [6.07, 6.45) is 8.31. The second kappa shape index (κ2) is 13.7. The highest BCUT2D eigenvalue weighted by atomic mass is 16.4. The summed E-state index contributed by atoms with van der Waals surface area (Å²) in [5, 5.41) is 30.0. The first-order valence-electron chi connectivity index (χ1n) is 13.6. The molecule has 206 valence electrons. The summed E-state index contributed by atoms with van der Waals surface area (Å²) in [6.45, 7) is 7.90. The molecule has 3 aromatic rings. The van der Waals surface area contributed by atoms with Gasteiger partial charge < -0.3 is 20.6 Å². The number of nitriles is 1. The second-order valence-corrected chi connectivity index (χ2v) is 9.98. The third-order valence-electron chi connectivity index (χ3n) is 6.99. The number of nitrogens with one attached hydrogen (secondary N) is 2. The zero-order valence-corrected chi connectivity index (χ0v) is 22.7. The van der Waals surface area contributed by atoms with E-state index in [0.717, 1.165) is 81.2 Å². The highest BCUT2D eigenvalue weighted by molar-refractivity contribution is 5.77. The number of unbranched alkanes of at least 4 members (excludes halogenated alkanes) is 1. The number of aryl methyl sites for hydroxylation is 4. The predicted molar refractivity (Wildman–Crippen MR) is 149 cm³/mol. The maximum absolute atomic E-state index is 12.0. The molecule has 0 unspecified atom stereocenters. The van der Waals surface area contributed by atoms with Gasteiger partial charge in [-0.25, -0.2) is 19.7 Å². The number of carboxylic acids is 1. The van der Waals surface area contributed by atoms with Gasteiger partial charge in [-0.3, -0.25) is 4.68 Å². The highest BCUT2D eigenvalue weighted by Crippen LogP contribution is 2.20. The van der Waals surface area contributed by atoms with E-state index in [-0.39, 0.29) is 11.5 Å². The van der Waals surface area contributed by atoms with Gasteiger partial charge in [-0.2, -0.15) is 10.4 Å². The fourth-order valence-electron chi connectivity index (χ4n) is 4.88. The molecule has 1 aliphatic rings. The third-order valence-corrected chi connectivity index (χ3v) is 6.99. The van der Waals surface area contributed by atoms with Crippen molar-refractivity contribution in [3.05, 3.63) is 58.9 Å². The zero-order chi connectivity index (χ0) is 27.6. The number of pyridine rings is 1. The van der Waals surface area contributed by atoms with E-state index >= 15 is 0 Å². The third kappa shape index (κ3) is 7.97. The van der Waals surface area contributed by atoms with Crippen LogP contribution in [0.1, 0.15) is 54.0 Å². The van der Waals surface area contributed by atoms with E-state index in [2.05, 4.69) is 48.8 Å². The molecule has 4 heterocycles. The Morgan fingerprint density at radius 2 is 2.08 bits per heavy atom. The molecule has 11 heteroatoms. The van der Waals surface area contributed by atoms with Gasteiger partial charge in [0.05, 0.1) is 12.2 Å². The van der Waals surface area contributed by atoms with Crippen molar-refractivity contribution in [2.75, 3.05) is 36.8 Å². The van der Waals surface area contributed by atoms with E-state index in [1.54, 1.807) is 0 Å². The van der Waals surface area contributed by atoms with Crippen LogP contribution in [0.2, 0.25) is 0 Å². The Kier molecular flexibility index (Phi) is 9.80. The van der Waals surface area contributed by atoms with Gasteiger partial charge in [0.2, 0.25) is 0 Å². The molecule has 39 heavy (non-hydrogen) atoms. The van der Waals surface area contributed by atoms with Gasteiger partial charge >= 0.3 is 5.97 Å². The van der Waals surface area contributed by atoms with E-state index in [1.807, 2.05) is 24.6 Å². The number of anilines is 2. The monoisotopic (exact) mass is 531 g/mol. The molecule has 0 aliphatic carbocycles. The maximum Gasteiger partial charge on any atom is 0.326 e. The van der Waals surface area contributed by atoms with Crippen molar-refractivity contribution in [1.29, 1.82) is 5.26 Å². The molecule has 1 aliphatic heterocycles. The standard InChI is InChI=1S/C28H37N9O2/c1-20-18-21(2)37(35-20)17-16-36(14-4-3-7-23-9-8-22-6-5-11-31-26(22)33-23)15-10-24(28(38)39)34-27-25(19-29)30-12-13-32-27/h8-9,12-13,18,24H,3-7,10-11,14-17H2,1-2H3,(H,31,33)(H,32,34)(H,38,39)/t24-/m0/s1. The largest absolute Gasteiger partial charge is 0.480 e. The number of aromatic nitrogens is 5. The average molecular weight is 532 g/mol. The fourth-order valence-corrected chi connectivity index (χ4v) is 4.88. The van der Waals surface area contributed by atoms with E-state index < -0.39 is 12.0 Å². The summed E-state index contributed by atoms with van der Waals surface area (Å²) in [7, 11) is 0. The lowest BCUT2D eigenvalue weighted by molar-refractivity contribution is -0.138. The van der Waals surface area contributed by atoms with Crippen LogP contribution in [-0.4, -0.2) is 72.9 Å². The van der Waals surface area contributed by atoms with Gasteiger partial charge in [0.25, 0.3) is 0 Å². The minimum atomic E-state index is -0.991. The van der Waals surface area contributed by atoms with Crippen molar-refractivity contribution in [2.45, 2.75) is 65.0 Å². The van der Waals surface area contributed by atoms with Crippen molar-refractivity contribution in [3.8, 4) is 6.07 Å². The Labute approximate surface area is 229 Å². The van der Waals surface area contributed by atoms with Crippen LogP contribution in [0, 0.1) is 25.2 Å². The summed E-state index contributed by atoms with van der Waals surface area (Å²) in [5.41, 5.74) is 4.57. The maximum atomic E-state index is 12.0. The van der Waals surface area contributed by atoms with Crippen LogP contribution in [0.4, 0.5) is 11.6 Å². The Morgan fingerprint density at radius 3 is 2.85 bits per heavy atom. The molecule has 4 rings (SSSR count). The number of rotatable bonds is 14. The normalized spacial score (nSPS) is 13.4. The molecule has 0 spiro atoms. The lowest BCUT2D eigenvalue weighted by Crippen LogP contribution is -2.37. The molecule has 0 fully saturated rings. The summed E-state index contributed by atoms with van der Waals surface area (Å²) in [5.74, 6) is 0.226. The zero-order valence-electron chi connectivity index (χ0n) is 22.7. The van der Waals surface area contributed by atoms with Gasteiger partial charge in [-0.05, 0) is 76.6 Å². The SMILES string of the molecule is Cc1cc(C)n(CCN(CCCCc2ccc3c(n2)NCCC3)CC[C@H](Nc2nccnc2C#N)C(=O)O)n1. The van der Waals surface area contributed by atoms with Crippen LogP contribution in [0.25, 0.3) is 0 Å². The molecule has 0 bridgehead atoms. The molecule has 1 atom stereocenters. The number of carboxylic acid groups (broad SMARTS) is 1. The van der Waals surface area contributed by atoms with Crippen molar-refractivity contribution in [3.63, 3.8) is 0 Å². The van der Waals surface area contributed by atoms with Crippen molar-refractivity contribution in [2.24, 2.45) is 0 Å². The molecule has 11 nitrogen and oxygen atoms in total. The topological polar surface area (TPSA) is 145 Å². The van der Waals surface area contributed by atoms with Gasteiger partial charge in [0.1, 0.15) is 17.9 Å². The molecule has 0 radical (unpaired) electrons. The van der Waals surface area contributed by atoms with Crippen molar-refractivity contribution >= 4 is 17.6 Å². The molecular formula is C28H37N9O2. The number of hydrogen-bond donors (Lipinski definition) is 3. The fraction of sp³-hybridized carbons (Fsp3) is 0.500. The minimum absolute atomic E-state index is 0.0797. The molecule has 0 saturated carbocycles. The van der Waals surface area contributed by atoms with Gasteiger partial charge in [0.15, 0.2) is 11.5 Å². The Balaban J connectivity index is 1.35. The van der Waals surface area contributed by atoms with Crippen LogP contribution in [0.5, 0.6) is 0 Å². The molecule has 0 saturated heterocycles. The lowest BCUT2D eigenvalue weighted by Gasteiger charge is -2.25. The van der Waals surface area contributed by atoms with E-state index in [0.29, 0.717) is 13.0 Å². The molecule has 0 amide bonds. The molecule has 0 aromatic carbocycles. The van der Waals surface area contributed by atoms with Gasteiger partial charge in [-0.1, -0.05) is 6.07 Å². The van der Waals surface area contributed by atoms with Crippen molar-refractivity contribution in [1.82, 2.24) is 29.6 Å². The van der Waals surface area contributed by atoms with Crippen LogP contribution >= 0.6 is 0 Å². The second-order valence-electron chi connectivity index (χ2n) is 9.98. The molecule has 3 aromatic heterocycles. The number of carbonyl (C=O) groups is 1. The predicted octanol–water partition coefficient (Wildman–Crippen LogP) is 3.20. The number of aliphatic carboxylic acids is 1. The van der Waals surface area contributed by atoms with Crippen LogP contribution < -0.4 is 10.6 Å². The Morgan fingerprint density at radius 1 is 1.23 bits per heavy atom. The van der Waals surface area contributed by atoms with Crippen molar-refractivity contribution < 1.29 is 9.90 Å². The first-order chi connectivity index (χ1) is 18.9. The minimum Gasteiger partial charge on any atom is -0.480 e. The van der Waals surface area contributed by atoms with Crippen LogP contribution in [0.15, 0.2) is 30.6 Å². The lowest BCUT2D eigenvalue weighted by atomic mass is 10.1. The summed E-state index contributed by atoms with van der Waals surface area (Å²) in [6, 6.07) is 7.45. The van der Waals surface area contributed by atoms with E-state index in [1.165, 1.54) is 18.0 Å². The van der Waals surface area contributed by atoms with Crippen LogP contribution in [-0.2, 0) is 24.2 Å². The van der Waals surface area contributed by atoms with E-state index in [9.17, 15) is 15.2 Å². The number of fused-ring (bicyclic) bond motifs is 1. The van der Waals surface area contributed by atoms with Gasteiger partial charge in [0, 0.05) is 43.4 Å². The number of hydrogen-bond acceptors (Lipinski definition) is 9. The Bertz CT molecular complexity index is 1300. The van der Waals surface area contributed by atoms with Gasteiger partial charge in [-0.15, -0.1) is 0 Å².